The van der Waals surface area contributed by atoms with Gasteiger partial charge in [-0.25, -0.2) is 9.18 Å². The summed E-state index contributed by atoms with van der Waals surface area (Å²) in [5.41, 5.74) is -0.123. The van der Waals surface area contributed by atoms with Crippen LogP contribution in [0, 0.1) is 12.7 Å². The lowest BCUT2D eigenvalue weighted by molar-refractivity contribution is -0.132. The van der Waals surface area contributed by atoms with Crippen LogP contribution in [0.4, 0.5) is 14.9 Å². The number of imide groups is 1. The lowest BCUT2D eigenvalue weighted by Crippen LogP contribution is -2.58. The van der Waals surface area contributed by atoms with E-state index in [9.17, 15) is 14.0 Å². The Morgan fingerprint density at radius 3 is 2.85 bits per heavy atom. The molecule has 2 fully saturated rings. The fourth-order valence-electron chi connectivity index (χ4n) is 4.11. The Kier molecular flexibility index (Phi) is 4.22. The lowest BCUT2D eigenvalue weighted by atomic mass is 9.83. The maximum absolute atomic E-state index is 13.9. The molecule has 1 aromatic carbocycles. The molecule has 3 heterocycles. The van der Waals surface area contributed by atoms with Crippen molar-refractivity contribution in [2.75, 3.05) is 11.4 Å². The first-order valence-corrected chi connectivity index (χ1v) is 8.98. The predicted molar refractivity (Wildman–Crippen MR) is 95.5 cm³/mol. The predicted octanol–water partition coefficient (Wildman–Crippen LogP) is 2.60. The molecular formula is C19H21FN4O3. The van der Waals surface area contributed by atoms with E-state index in [-0.39, 0.29) is 18.5 Å². The van der Waals surface area contributed by atoms with Gasteiger partial charge >= 0.3 is 6.03 Å². The van der Waals surface area contributed by atoms with Crippen molar-refractivity contribution < 1.29 is 18.5 Å². The van der Waals surface area contributed by atoms with Crippen molar-refractivity contribution in [3.63, 3.8) is 0 Å². The van der Waals surface area contributed by atoms with Crippen LogP contribution >= 0.6 is 0 Å². The molecule has 2 aliphatic rings. The smallest absolute Gasteiger partial charge is 0.332 e. The first kappa shape index (κ1) is 17.7. The number of halogens is 1. The summed E-state index contributed by atoms with van der Waals surface area (Å²) < 4.78 is 18.9. The molecule has 1 spiro atoms. The van der Waals surface area contributed by atoms with Gasteiger partial charge in [0.15, 0.2) is 0 Å². The van der Waals surface area contributed by atoms with Gasteiger partial charge in [-0.2, -0.15) is 0 Å². The standard InChI is InChI=1S/C19H21FN4O3/c1-12-10-19(6-7-21-12)17(25)23(11-15-8-13(2)27-22-15)18(26)24(19)16-5-3-4-14(20)9-16/h3-5,8-9,12,21H,6-7,10-11H2,1-2H3/t12-,19+/m0/s1. The maximum Gasteiger partial charge on any atom is 0.332 e. The van der Waals surface area contributed by atoms with Gasteiger partial charge < -0.3 is 9.84 Å². The number of nitrogens with one attached hydrogen (secondary N) is 1. The minimum Gasteiger partial charge on any atom is -0.361 e. The van der Waals surface area contributed by atoms with E-state index in [4.69, 9.17) is 4.52 Å². The molecule has 2 aromatic rings. The molecular weight excluding hydrogens is 351 g/mol. The molecule has 0 unspecified atom stereocenters. The highest BCUT2D eigenvalue weighted by Crippen LogP contribution is 2.41. The number of nitrogens with zero attached hydrogens (tertiary/aromatic N) is 3. The topological polar surface area (TPSA) is 78.7 Å². The Labute approximate surface area is 156 Å². The molecule has 2 aliphatic heterocycles. The molecule has 142 valence electrons. The molecule has 8 heteroatoms. The Bertz CT molecular complexity index is 899. The van der Waals surface area contributed by atoms with Gasteiger partial charge in [0.2, 0.25) is 0 Å². The summed E-state index contributed by atoms with van der Waals surface area (Å²) in [6, 6.07) is 7.11. The van der Waals surface area contributed by atoms with Crippen molar-refractivity contribution in [3.05, 3.63) is 47.6 Å². The number of aromatic nitrogens is 1. The van der Waals surface area contributed by atoms with E-state index in [1.807, 2.05) is 6.92 Å². The zero-order valence-electron chi connectivity index (χ0n) is 15.2. The summed E-state index contributed by atoms with van der Waals surface area (Å²) >= 11 is 0. The normalized spacial score (nSPS) is 25.7. The second-order valence-corrected chi connectivity index (χ2v) is 7.26. The SMILES string of the molecule is Cc1cc(CN2C(=O)N(c3cccc(F)c3)[C@@]3(CCN[C@@H](C)C3)C2=O)no1. The molecule has 2 saturated heterocycles. The summed E-state index contributed by atoms with van der Waals surface area (Å²) in [6.07, 6.45) is 0.926. The fourth-order valence-corrected chi connectivity index (χ4v) is 4.11. The first-order chi connectivity index (χ1) is 12.9. The highest BCUT2D eigenvalue weighted by atomic mass is 19.1. The van der Waals surface area contributed by atoms with E-state index in [1.165, 1.54) is 21.9 Å². The average molecular weight is 372 g/mol. The van der Waals surface area contributed by atoms with Crippen molar-refractivity contribution in [1.29, 1.82) is 0 Å². The van der Waals surface area contributed by atoms with Gasteiger partial charge in [-0.05, 0) is 51.4 Å². The summed E-state index contributed by atoms with van der Waals surface area (Å²) in [4.78, 5) is 29.3. The molecule has 2 atom stereocenters. The monoisotopic (exact) mass is 372 g/mol. The van der Waals surface area contributed by atoms with Crippen LogP contribution in [0.2, 0.25) is 0 Å². The third-order valence-electron chi connectivity index (χ3n) is 5.23. The van der Waals surface area contributed by atoms with E-state index in [0.717, 1.165) is 0 Å². The van der Waals surface area contributed by atoms with Crippen molar-refractivity contribution in [2.24, 2.45) is 0 Å². The van der Waals surface area contributed by atoms with Crippen LogP contribution < -0.4 is 10.2 Å². The van der Waals surface area contributed by atoms with Gasteiger partial charge in [0.25, 0.3) is 5.91 Å². The molecule has 0 bridgehead atoms. The Morgan fingerprint density at radius 2 is 2.19 bits per heavy atom. The summed E-state index contributed by atoms with van der Waals surface area (Å²) in [5.74, 6) is -0.113. The number of rotatable bonds is 3. The van der Waals surface area contributed by atoms with E-state index in [1.54, 1.807) is 25.1 Å². The van der Waals surface area contributed by atoms with Gasteiger partial charge in [-0.15, -0.1) is 0 Å². The number of carbonyl (C=O) groups is 2. The van der Waals surface area contributed by atoms with Crippen molar-refractivity contribution in [1.82, 2.24) is 15.4 Å². The van der Waals surface area contributed by atoms with Crippen LogP contribution in [0.25, 0.3) is 0 Å². The Hall–Kier alpha value is -2.74. The van der Waals surface area contributed by atoms with Crippen LogP contribution in [0.3, 0.4) is 0 Å². The van der Waals surface area contributed by atoms with Crippen molar-refractivity contribution >= 4 is 17.6 Å². The largest absolute Gasteiger partial charge is 0.361 e. The quantitative estimate of drug-likeness (QED) is 0.838. The van der Waals surface area contributed by atoms with Gasteiger partial charge in [-0.1, -0.05) is 11.2 Å². The molecule has 0 saturated carbocycles. The fraction of sp³-hybridized carbons (Fsp3) is 0.421. The van der Waals surface area contributed by atoms with Crippen LogP contribution in [-0.4, -0.2) is 40.1 Å². The van der Waals surface area contributed by atoms with Gasteiger partial charge in [0, 0.05) is 17.8 Å². The zero-order valence-corrected chi connectivity index (χ0v) is 15.2. The second kappa shape index (κ2) is 6.45. The number of benzene rings is 1. The average Bonchev–Trinajstić information content (AvgIpc) is 3.11. The van der Waals surface area contributed by atoms with Gasteiger partial charge in [0.1, 0.15) is 22.8 Å². The number of hydrogen-bond acceptors (Lipinski definition) is 5. The third-order valence-corrected chi connectivity index (χ3v) is 5.23. The van der Waals surface area contributed by atoms with Crippen molar-refractivity contribution in [3.8, 4) is 0 Å². The highest BCUT2D eigenvalue weighted by Gasteiger charge is 2.59. The maximum atomic E-state index is 13.9. The highest BCUT2D eigenvalue weighted by molar-refractivity contribution is 6.16. The molecule has 27 heavy (non-hydrogen) atoms. The zero-order chi connectivity index (χ0) is 19.2. The number of aryl methyl sites for hydroxylation is 1. The van der Waals surface area contributed by atoms with Gasteiger partial charge in [0.05, 0.1) is 6.54 Å². The molecule has 1 aromatic heterocycles. The summed E-state index contributed by atoms with van der Waals surface area (Å²) in [7, 11) is 0. The van der Waals surface area contributed by atoms with E-state index < -0.39 is 17.4 Å². The summed E-state index contributed by atoms with van der Waals surface area (Å²) in [6.45, 7) is 4.36. The second-order valence-electron chi connectivity index (χ2n) is 7.26. The van der Waals surface area contributed by atoms with Crippen LogP contribution in [0.1, 0.15) is 31.2 Å². The van der Waals surface area contributed by atoms with E-state index in [2.05, 4.69) is 10.5 Å². The number of urea groups is 1. The molecule has 7 nitrogen and oxygen atoms in total. The molecule has 0 aliphatic carbocycles. The summed E-state index contributed by atoms with van der Waals surface area (Å²) in [5, 5.41) is 7.21. The number of anilines is 1. The first-order valence-electron chi connectivity index (χ1n) is 8.98. The molecule has 4 rings (SSSR count). The third kappa shape index (κ3) is 2.90. The van der Waals surface area contributed by atoms with E-state index in [0.29, 0.717) is 36.5 Å². The molecule has 1 N–H and O–H groups in total. The number of hydrogen-bond donors (Lipinski definition) is 1. The number of piperidine rings is 1. The lowest BCUT2D eigenvalue weighted by Gasteiger charge is -2.41. The van der Waals surface area contributed by atoms with Gasteiger partial charge in [-0.3, -0.25) is 14.6 Å². The minimum atomic E-state index is -1.02. The van der Waals surface area contributed by atoms with Crippen LogP contribution in [0.5, 0.6) is 0 Å². The minimum absolute atomic E-state index is 0.0321. The van der Waals surface area contributed by atoms with E-state index >= 15 is 0 Å². The Balaban J connectivity index is 1.76. The Morgan fingerprint density at radius 1 is 1.37 bits per heavy atom. The van der Waals surface area contributed by atoms with Crippen molar-refractivity contribution in [2.45, 2.75) is 44.8 Å². The molecule has 3 amide bonds. The van der Waals surface area contributed by atoms with Crippen LogP contribution in [0.15, 0.2) is 34.9 Å². The van der Waals surface area contributed by atoms with Crippen LogP contribution in [-0.2, 0) is 11.3 Å². The number of amides is 3. The molecule has 0 radical (unpaired) electrons. The number of carbonyl (C=O) groups excluding carboxylic acids is 2.